The van der Waals surface area contributed by atoms with Gasteiger partial charge >= 0.3 is 6.03 Å². The zero-order chi connectivity index (χ0) is 15.3. The number of carbonyl (C=O) groups excluding carboxylic acids is 1. The summed E-state index contributed by atoms with van der Waals surface area (Å²) in [6.45, 7) is 1.78. The van der Waals surface area contributed by atoms with Gasteiger partial charge in [0.15, 0.2) is 0 Å². The summed E-state index contributed by atoms with van der Waals surface area (Å²) in [6, 6.07) is 7.09. The molecule has 6 heteroatoms. The third-order valence-corrected chi connectivity index (χ3v) is 3.05. The predicted octanol–water partition coefficient (Wildman–Crippen LogP) is 2.94. The highest BCUT2D eigenvalue weighted by Crippen LogP contribution is 2.22. The molecule has 108 valence electrons. The Morgan fingerprint density at radius 2 is 2.00 bits per heavy atom. The second kappa shape index (κ2) is 6.96. The molecule has 0 atom stereocenters. The van der Waals surface area contributed by atoms with E-state index < -0.39 is 0 Å². The molecular formula is C14H19ClN4O. The summed E-state index contributed by atoms with van der Waals surface area (Å²) in [7, 11) is 5.10. The molecule has 0 aliphatic rings. The van der Waals surface area contributed by atoms with E-state index in [0.717, 1.165) is 5.69 Å². The number of amides is 2. The molecule has 1 aromatic rings. The van der Waals surface area contributed by atoms with Crippen LogP contribution >= 0.6 is 11.6 Å². The fourth-order valence-electron chi connectivity index (χ4n) is 1.52. The number of hydrogen-bond donors (Lipinski definition) is 1. The van der Waals surface area contributed by atoms with Gasteiger partial charge in [-0.3, -0.25) is 4.90 Å². The number of aliphatic imine (C=N–C) groups is 1. The molecule has 2 amide bonds. The highest BCUT2D eigenvalue weighted by molar-refractivity contribution is 6.43. The Hall–Kier alpha value is -2.01. The van der Waals surface area contributed by atoms with Crippen LogP contribution in [0.1, 0.15) is 6.92 Å². The lowest BCUT2D eigenvalue weighted by molar-refractivity contribution is 0.225. The van der Waals surface area contributed by atoms with Gasteiger partial charge in [0.25, 0.3) is 0 Å². The van der Waals surface area contributed by atoms with Crippen molar-refractivity contribution in [3.8, 4) is 0 Å². The lowest BCUT2D eigenvalue weighted by Gasteiger charge is -2.22. The standard InChI is InChI=1S/C14H19ClN4O/c1-5-12(15)13(16)17-10-7-6-8-11(9-10)19(4)14(20)18(2)3/h5-9H,1-4H3,(H2,16,17)/b12-5+. The number of amidine groups is 1. The average Bonchev–Trinajstić information content (AvgIpc) is 2.44. The van der Waals surface area contributed by atoms with Crippen molar-refractivity contribution in [2.24, 2.45) is 10.7 Å². The van der Waals surface area contributed by atoms with Crippen LogP contribution in [0.4, 0.5) is 16.2 Å². The van der Waals surface area contributed by atoms with Crippen LogP contribution in [0.25, 0.3) is 0 Å². The molecule has 0 aliphatic carbocycles. The lowest BCUT2D eigenvalue weighted by Crippen LogP contribution is -2.36. The van der Waals surface area contributed by atoms with E-state index in [1.807, 2.05) is 12.1 Å². The van der Waals surface area contributed by atoms with Crippen LogP contribution in [0.5, 0.6) is 0 Å². The molecule has 0 aromatic heterocycles. The van der Waals surface area contributed by atoms with Crippen LogP contribution in [0.3, 0.4) is 0 Å². The Bertz CT molecular complexity index is 552. The molecule has 0 heterocycles. The third-order valence-electron chi connectivity index (χ3n) is 2.63. The second-order valence-corrected chi connectivity index (χ2v) is 4.80. The molecule has 0 saturated heterocycles. The molecule has 1 aromatic carbocycles. The van der Waals surface area contributed by atoms with Crippen molar-refractivity contribution < 1.29 is 4.79 Å². The molecule has 2 N–H and O–H groups in total. The topological polar surface area (TPSA) is 61.9 Å². The van der Waals surface area contributed by atoms with Gasteiger partial charge in [-0.25, -0.2) is 9.79 Å². The highest BCUT2D eigenvalue weighted by Gasteiger charge is 2.12. The molecule has 20 heavy (non-hydrogen) atoms. The van der Waals surface area contributed by atoms with Crippen molar-refractivity contribution in [2.45, 2.75) is 6.92 Å². The molecule has 0 unspecified atom stereocenters. The Morgan fingerprint density at radius 3 is 2.55 bits per heavy atom. The first-order valence-electron chi connectivity index (χ1n) is 6.08. The zero-order valence-electron chi connectivity index (χ0n) is 12.1. The monoisotopic (exact) mass is 294 g/mol. The minimum atomic E-state index is -0.120. The van der Waals surface area contributed by atoms with Crippen molar-refractivity contribution in [1.29, 1.82) is 0 Å². The minimum absolute atomic E-state index is 0.120. The molecule has 0 radical (unpaired) electrons. The smallest absolute Gasteiger partial charge is 0.323 e. The Kier molecular flexibility index (Phi) is 5.58. The fraction of sp³-hybridized carbons (Fsp3) is 0.286. The van der Waals surface area contributed by atoms with Gasteiger partial charge in [0, 0.05) is 26.8 Å². The maximum atomic E-state index is 11.9. The molecule has 5 nitrogen and oxygen atoms in total. The van der Waals surface area contributed by atoms with Gasteiger partial charge in [-0.1, -0.05) is 23.7 Å². The normalized spacial score (nSPS) is 12.2. The van der Waals surface area contributed by atoms with Crippen LogP contribution in [-0.2, 0) is 0 Å². The van der Waals surface area contributed by atoms with Gasteiger partial charge in [-0.05, 0) is 25.1 Å². The summed E-state index contributed by atoms with van der Waals surface area (Å²) in [4.78, 5) is 19.1. The fourth-order valence-corrected chi connectivity index (χ4v) is 1.56. The molecule has 0 fully saturated rings. The zero-order valence-corrected chi connectivity index (χ0v) is 12.8. The number of benzene rings is 1. The maximum absolute atomic E-state index is 11.9. The van der Waals surface area contributed by atoms with E-state index in [1.54, 1.807) is 46.3 Å². The number of anilines is 1. The van der Waals surface area contributed by atoms with Crippen molar-refractivity contribution in [3.63, 3.8) is 0 Å². The van der Waals surface area contributed by atoms with Gasteiger partial charge in [-0.2, -0.15) is 0 Å². The third kappa shape index (κ3) is 3.99. The number of rotatable bonds is 3. The van der Waals surface area contributed by atoms with E-state index in [4.69, 9.17) is 17.3 Å². The van der Waals surface area contributed by atoms with Crippen molar-refractivity contribution >= 4 is 34.8 Å². The first-order chi connectivity index (χ1) is 9.36. The summed E-state index contributed by atoms with van der Waals surface area (Å²) in [5.41, 5.74) is 7.12. The average molecular weight is 295 g/mol. The number of nitrogens with zero attached hydrogens (tertiary/aromatic N) is 3. The van der Waals surface area contributed by atoms with Crippen molar-refractivity contribution in [2.75, 3.05) is 26.0 Å². The van der Waals surface area contributed by atoms with Crippen LogP contribution in [0, 0.1) is 0 Å². The van der Waals surface area contributed by atoms with Gasteiger partial charge in [0.05, 0.1) is 10.7 Å². The minimum Gasteiger partial charge on any atom is -0.382 e. The first kappa shape index (κ1) is 16.0. The molecule has 0 bridgehead atoms. The van der Waals surface area contributed by atoms with Crippen LogP contribution in [-0.4, -0.2) is 37.9 Å². The molecule has 1 rings (SSSR count). The maximum Gasteiger partial charge on any atom is 0.323 e. The molecule has 0 spiro atoms. The number of allylic oxidation sites excluding steroid dienone is 1. The number of nitrogens with two attached hydrogens (primary N) is 1. The number of hydrogen-bond acceptors (Lipinski definition) is 2. The largest absolute Gasteiger partial charge is 0.382 e. The van der Waals surface area contributed by atoms with Gasteiger partial charge in [-0.15, -0.1) is 0 Å². The Labute approximate surface area is 124 Å². The Morgan fingerprint density at radius 1 is 1.35 bits per heavy atom. The van der Waals surface area contributed by atoms with E-state index in [-0.39, 0.29) is 11.9 Å². The number of urea groups is 1. The number of carbonyl (C=O) groups is 1. The van der Waals surface area contributed by atoms with Crippen LogP contribution < -0.4 is 10.6 Å². The SMILES string of the molecule is C/C=C(/Cl)C(N)=Nc1cccc(N(C)C(=O)N(C)C)c1. The predicted molar refractivity (Wildman–Crippen MR) is 84.8 cm³/mol. The van der Waals surface area contributed by atoms with E-state index in [9.17, 15) is 4.79 Å². The van der Waals surface area contributed by atoms with Crippen LogP contribution in [0.2, 0.25) is 0 Å². The molecule has 0 saturated carbocycles. The molecular weight excluding hydrogens is 276 g/mol. The van der Waals surface area contributed by atoms with Gasteiger partial charge in [0.2, 0.25) is 0 Å². The van der Waals surface area contributed by atoms with E-state index in [2.05, 4.69) is 4.99 Å². The quantitative estimate of drug-likeness (QED) is 0.688. The van der Waals surface area contributed by atoms with E-state index in [1.165, 1.54) is 9.80 Å². The second-order valence-electron chi connectivity index (χ2n) is 4.39. The van der Waals surface area contributed by atoms with Crippen molar-refractivity contribution in [3.05, 3.63) is 35.4 Å². The van der Waals surface area contributed by atoms with E-state index in [0.29, 0.717) is 10.7 Å². The van der Waals surface area contributed by atoms with Gasteiger partial charge < -0.3 is 10.6 Å². The summed E-state index contributed by atoms with van der Waals surface area (Å²) in [5, 5.41) is 0.396. The van der Waals surface area contributed by atoms with Crippen LogP contribution in [0.15, 0.2) is 40.4 Å². The molecule has 0 aliphatic heterocycles. The first-order valence-corrected chi connectivity index (χ1v) is 6.46. The summed E-state index contributed by atoms with van der Waals surface area (Å²) in [5.74, 6) is 0.243. The van der Waals surface area contributed by atoms with Crippen molar-refractivity contribution in [1.82, 2.24) is 4.90 Å². The number of halogens is 1. The lowest BCUT2D eigenvalue weighted by atomic mass is 10.2. The van der Waals surface area contributed by atoms with E-state index >= 15 is 0 Å². The Balaban J connectivity index is 3.06. The summed E-state index contributed by atoms with van der Waals surface area (Å²) >= 11 is 5.89. The summed E-state index contributed by atoms with van der Waals surface area (Å²) < 4.78 is 0. The summed E-state index contributed by atoms with van der Waals surface area (Å²) in [6.07, 6.45) is 1.67. The highest BCUT2D eigenvalue weighted by atomic mass is 35.5. The van der Waals surface area contributed by atoms with Gasteiger partial charge in [0.1, 0.15) is 5.84 Å².